The first-order valence-corrected chi connectivity index (χ1v) is 4.79. The molecule has 1 unspecified atom stereocenters. The quantitative estimate of drug-likeness (QED) is 0.768. The smallest absolute Gasteiger partial charge is 0.130 e. The van der Waals surface area contributed by atoms with Crippen molar-refractivity contribution in [2.24, 2.45) is 5.73 Å². The van der Waals surface area contributed by atoms with Crippen LogP contribution >= 0.6 is 0 Å². The van der Waals surface area contributed by atoms with Crippen LogP contribution in [0.25, 0.3) is 0 Å². The summed E-state index contributed by atoms with van der Waals surface area (Å²) in [6.45, 7) is 7.86. The Balaban J connectivity index is 2.78. The van der Waals surface area contributed by atoms with Crippen LogP contribution in [0.1, 0.15) is 31.9 Å². The molecule has 0 saturated carbocycles. The molecule has 0 amide bonds. The summed E-state index contributed by atoms with van der Waals surface area (Å²) in [4.78, 5) is 4.18. The number of pyridine rings is 1. The van der Waals surface area contributed by atoms with Gasteiger partial charge in [0.2, 0.25) is 0 Å². The van der Waals surface area contributed by atoms with E-state index in [9.17, 15) is 0 Å². The predicted molar refractivity (Wildman–Crippen MR) is 59.9 cm³/mol. The maximum absolute atomic E-state index is 5.77. The number of allylic oxidation sites excluding steroid dienone is 1. The lowest BCUT2D eigenvalue weighted by molar-refractivity contribution is 0.816. The third kappa shape index (κ3) is 2.85. The van der Waals surface area contributed by atoms with Crippen molar-refractivity contribution in [1.82, 2.24) is 4.98 Å². The Morgan fingerprint density at radius 2 is 2.43 bits per heavy atom. The highest BCUT2D eigenvalue weighted by molar-refractivity contribution is 5.43. The normalized spacial score (nSPS) is 12.2. The Morgan fingerprint density at radius 3 is 3.00 bits per heavy atom. The second kappa shape index (κ2) is 4.77. The molecular formula is C11H17N3. The SMILES string of the molecule is C=C(CC)Nc1cc(C(C)N)ccn1. The maximum atomic E-state index is 5.77. The van der Waals surface area contributed by atoms with Gasteiger partial charge in [0.25, 0.3) is 0 Å². The Hall–Kier alpha value is -1.35. The van der Waals surface area contributed by atoms with Gasteiger partial charge in [-0.3, -0.25) is 0 Å². The monoisotopic (exact) mass is 191 g/mol. The number of nitrogens with two attached hydrogens (primary N) is 1. The van der Waals surface area contributed by atoms with Crippen molar-refractivity contribution in [3.63, 3.8) is 0 Å². The number of hydrogen-bond acceptors (Lipinski definition) is 3. The molecule has 0 spiro atoms. The molecule has 0 aliphatic heterocycles. The number of aromatic nitrogens is 1. The second-order valence-corrected chi connectivity index (χ2v) is 3.35. The van der Waals surface area contributed by atoms with Crippen molar-refractivity contribution in [1.29, 1.82) is 0 Å². The number of anilines is 1. The van der Waals surface area contributed by atoms with Gasteiger partial charge in [-0.2, -0.15) is 0 Å². The predicted octanol–water partition coefficient (Wildman–Crippen LogP) is 2.44. The minimum absolute atomic E-state index is 0.0356. The number of nitrogens with zero attached hydrogens (tertiary/aromatic N) is 1. The van der Waals surface area contributed by atoms with Gasteiger partial charge < -0.3 is 11.1 Å². The van der Waals surface area contributed by atoms with Gasteiger partial charge in [0, 0.05) is 17.9 Å². The molecule has 0 aliphatic carbocycles. The summed E-state index contributed by atoms with van der Waals surface area (Å²) in [6.07, 6.45) is 2.65. The summed E-state index contributed by atoms with van der Waals surface area (Å²) in [5.41, 5.74) is 7.80. The van der Waals surface area contributed by atoms with E-state index in [0.29, 0.717) is 0 Å². The average Bonchev–Trinajstić information content (AvgIpc) is 2.18. The lowest BCUT2D eigenvalue weighted by atomic mass is 10.1. The van der Waals surface area contributed by atoms with Crippen LogP contribution in [0.2, 0.25) is 0 Å². The third-order valence-corrected chi connectivity index (χ3v) is 2.04. The Kier molecular flexibility index (Phi) is 3.65. The van der Waals surface area contributed by atoms with Crippen molar-refractivity contribution in [3.05, 3.63) is 36.2 Å². The van der Waals surface area contributed by atoms with E-state index in [2.05, 4.69) is 16.9 Å². The van der Waals surface area contributed by atoms with E-state index in [1.807, 2.05) is 26.0 Å². The van der Waals surface area contributed by atoms with Gasteiger partial charge in [0.05, 0.1) is 0 Å². The highest BCUT2D eigenvalue weighted by atomic mass is 15.0. The van der Waals surface area contributed by atoms with Crippen molar-refractivity contribution in [2.75, 3.05) is 5.32 Å². The first-order valence-electron chi connectivity index (χ1n) is 4.79. The van der Waals surface area contributed by atoms with Gasteiger partial charge in [-0.05, 0) is 31.0 Å². The van der Waals surface area contributed by atoms with E-state index < -0.39 is 0 Å². The highest BCUT2D eigenvalue weighted by Crippen LogP contribution is 2.14. The fourth-order valence-corrected chi connectivity index (χ4v) is 1.07. The van der Waals surface area contributed by atoms with Crippen molar-refractivity contribution < 1.29 is 0 Å². The number of nitrogens with one attached hydrogen (secondary N) is 1. The fraction of sp³-hybridized carbons (Fsp3) is 0.364. The second-order valence-electron chi connectivity index (χ2n) is 3.35. The standard InChI is InChI=1S/C11H17N3/c1-4-8(2)14-11-7-10(9(3)12)5-6-13-11/h5-7,9H,2,4,12H2,1,3H3,(H,13,14). The van der Waals surface area contributed by atoms with Crippen LogP contribution in [0, 0.1) is 0 Å². The Labute approximate surface area is 85.0 Å². The Bertz CT molecular complexity index is 318. The van der Waals surface area contributed by atoms with Crippen LogP contribution in [-0.4, -0.2) is 4.98 Å². The van der Waals surface area contributed by atoms with Crippen LogP contribution < -0.4 is 11.1 Å². The first kappa shape index (κ1) is 10.7. The van der Waals surface area contributed by atoms with E-state index in [0.717, 1.165) is 23.5 Å². The molecule has 3 heteroatoms. The van der Waals surface area contributed by atoms with E-state index in [1.54, 1.807) is 6.20 Å². The van der Waals surface area contributed by atoms with Crippen LogP contribution in [0.3, 0.4) is 0 Å². The summed E-state index contributed by atoms with van der Waals surface area (Å²) in [6, 6.07) is 3.91. The van der Waals surface area contributed by atoms with Gasteiger partial charge in [0.15, 0.2) is 0 Å². The van der Waals surface area contributed by atoms with Crippen LogP contribution in [0.5, 0.6) is 0 Å². The molecule has 0 bridgehead atoms. The van der Waals surface area contributed by atoms with Gasteiger partial charge in [0.1, 0.15) is 5.82 Å². The van der Waals surface area contributed by atoms with Crippen molar-refractivity contribution >= 4 is 5.82 Å². The van der Waals surface area contributed by atoms with Crippen LogP contribution in [0.15, 0.2) is 30.6 Å². The van der Waals surface area contributed by atoms with E-state index in [4.69, 9.17) is 5.73 Å². The van der Waals surface area contributed by atoms with Crippen LogP contribution in [0.4, 0.5) is 5.82 Å². The molecule has 0 radical (unpaired) electrons. The number of rotatable bonds is 4. The Morgan fingerprint density at radius 1 is 1.71 bits per heavy atom. The zero-order valence-electron chi connectivity index (χ0n) is 8.75. The largest absolute Gasteiger partial charge is 0.344 e. The molecule has 1 aromatic rings. The fourth-order valence-electron chi connectivity index (χ4n) is 1.07. The van der Waals surface area contributed by atoms with Gasteiger partial charge >= 0.3 is 0 Å². The minimum Gasteiger partial charge on any atom is -0.344 e. The van der Waals surface area contributed by atoms with E-state index >= 15 is 0 Å². The van der Waals surface area contributed by atoms with Crippen molar-refractivity contribution in [3.8, 4) is 0 Å². The highest BCUT2D eigenvalue weighted by Gasteiger charge is 2.01. The van der Waals surface area contributed by atoms with E-state index in [1.165, 1.54) is 0 Å². The van der Waals surface area contributed by atoms with Gasteiger partial charge in [-0.1, -0.05) is 13.5 Å². The molecule has 1 rings (SSSR count). The summed E-state index contributed by atoms with van der Waals surface area (Å²) >= 11 is 0. The van der Waals surface area contributed by atoms with Crippen LogP contribution in [-0.2, 0) is 0 Å². The molecule has 0 aliphatic rings. The molecule has 0 fully saturated rings. The molecular weight excluding hydrogens is 174 g/mol. The summed E-state index contributed by atoms with van der Waals surface area (Å²) < 4.78 is 0. The molecule has 1 aromatic heterocycles. The topological polar surface area (TPSA) is 50.9 Å². The zero-order valence-corrected chi connectivity index (χ0v) is 8.75. The number of hydrogen-bond donors (Lipinski definition) is 2. The molecule has 76 valence electrons. The maximum Gasteiger partial charge on any atom is 0.130 e. The molecule has 1 heterocycles. The zero-order chi connectivity index (χ0) is 10.6. The molecule has 3 N–H and O–H groups in total. The lowest BCUT2D eigenvalue weighted by Crippen LogP contribution is -2.06. The third-order valence-electron chi connectivity index (χ3n) is 2.04. The summed E-state index contributed by atoms with van der Waals surface area (Å²) in [5, 5.41) is 3.13. The summed E-state index contributed by atoms with van der Waals surface area (Å²) in [5.74, 6) is 0.812. The van der Waals surface area contributed by atoms with Gasteiger partial charge in [-0.25, -0.2) is 4.98 Å². The average molecular weight is 191 g/mol. The molecule has 3 nitrogen and oxygen atoms in total. The van der Waals surface area contributed by atoms with Crippen molar-refractivity contribution in [2.45, 2.75) is 26.3 Å². The molecule has 14 heavy (non-hydrogen) atoms. The van der Waals surface area contributed by atoms with Gasteiger partial charge in [-0.15, -0.1) is 0 Å². The molecule has 0 aromatic carbocycles. The van der Waals surface area contributed by atoms with E-state index in [-0.39, 0.29) is 6.04 Å². The lowest BCUT2D eigenvalue weighted by Gasteiger charge is -2.09. The first-order chi connectivity index (χ1) is 6.63. The molecule has 1 atom stereocenters. The molecule has 0 saturated heterocycles. The summed E-state index contributed by atoms with van der Waals surface area (Å²) in [7, 11) is 0. The minimum atomic E-state index is 0.0356.